The van der Waals surface area contributed by atoms with Crippen LogP contribution >= 0.6 is 0 Å². The zero-order valence-electron chi connectivity index (χ0n) is 5.99. The maximum atomic E-state index is 2.42. The van der Waals surface area contributed by atoms with Gasteiger partial charge in [-0.15, -0.1) is 0 Å². The second-order valence-corrected chi connectivity index (χ2v) is 9.28. The van der Waals surface area contributed by atoms with Gasteiger partial charge in [0.25, 0.3) is 0 Å². The SMILES string of the molecule is C[Si](C)(C)CC1=CC1. The van der Waals surface area contributed by atoms with Crippen LogP contribution in [-0.2, 0) is 0 Å². The highest BCUT2D eigenvalue weighted by atomic mass is 28.3. The highest BCUT2D eigenvalue weighted by molar-refractivity contribution is 6.76. The van der Waals surface area contributed by atoms with E-state index >= 15 is 0 Å². The van der Waals surface area contributed by atoms with E-state index in [0.717, 1.165) is 0 Å². The van der Waals surface area contributed by atoms with E-state index in [4.69, 9.17) is 0 Å². The van der Waals surface area contributed by atoms with Crippen molar-refractivity contribution in [1.82, 2.24) is 0 Å². The average molecular weight is 126 g/mol. The van der Waals surface area contributed by atoms with Crippen molar-refractivity contribution in [2.75, 3.05) is 0 Å². The molecule has 0 radical (unpaired) electrons. The summed E-state index contributed by atoms with van der Waals surface area (Å²) in [6, 6.07) is 1.44. The molecule has 0 atom stereocenters. The van der Waals surface area contributed by atoms with Gasteiger partial charge in [0.1, 0.15) is 0 Å². The van der Waals surface area contributed by atoms with Crippen molar-refractivity contribution in [2.45, 2.75) is 32.1 Å². The summed E-state index contributed by atoms with van der Waals surface area (Å²) in [6.45, 7) is 7.27. The molecule has 0 nitrogen and oxygen atoms in total. The molecule has 0 bridgehead atoms. The Labute approximate surface area is 52.6 Å². The maximum Gasteiger partial charge on any atom is 0.0483 e. The molecular weight excluding hydrogens is 112 g/mol. The minimum Gasteiger partial charge on any atom is -0.0813 e. The summed E-state index contributed by atoms with van der Waals surface area (Å²) in [7, 11) is -0.726. The lowest BCUT2D eigenvalue weighted by Crippen LogP contribution is -2.17. The minimum atomic E-state index is -0.726. The first-order chi connectivity index (χ1) is 3.58. The molecule has 0 fully saturated rings. The van der Waals surface area contributed by atoms with Crippen molar-refractivity contribution >= 4 is 8.07 Å². The number of rotatable bonds is 2. The van der Waals surface area contributed by atoms with E-state index in [1.807, 2.05) is 0 Å². The van der Waals surface area contributed by atoms with Crippen LogP contribution in [0.5, 0.6) is 0 Å². The Hall–Kier alpha value is -0.0431. The molecule has 0 spiro atoms. The van der Waals surface area contributed by atoms with Crippen molar-refractivity contribution in [3.63, 3.8) is 0 Å². The zero-order chi connectivity index (χ0) is 6.20. The molecule has 0 heterocycles. The quantitative estimate of drug-likeness (QED) is 0.394. The standard InChI is InChI=1S/C7H14Si/c1-8(2,3)6-7-4-5-7/h4H,5-6H2,1-3H3. The molecule has 0 unspecified atom stereocenters. The number of hydrogen-bond donors (Lipinski definition) is 0. The van der Waals surface area contributed by atoms with Gasteiger partial charge in [-0.05, 0) is 12.5 Å². The second-order valence-electron chi connectivity index (χ2n) is 3.80. The lowest BCUT2D eigenvalue weighted by atomic mass is 10.6. The van der Waals surface area contributed by atoms with Crippen molar-refractivity contribution < 1.29 is 0 Å². The average Bonchev–Trinajstić information content (AvgIpc) is 2.12. The predicted octanol–water partition coefficient (Wildman–Crippen LogP) is 2.65. The first kappa shape index (κ1) is 6.08. The van der Waals surface area contributed by atoms with Crippen LogP contribution in [0.4, 0.5) is 0 Å². The number of hydrogen-bond acceptors (Lipinski definition) is 0. The third-order valence-corrected chi connectivity index (χ3v) is 2.76. The van der Waals surface area contributed by atoms with Gasteiger partial charge in [-0.25, -0.2) is 0 Å². The summed E-state index contributed by atoms with van der Waals surface area (Å²) in [5.74, 6) is 0. The third kappa shape index (κ3) is 2.31. The van der Waals surface area contributed by atoms with Gasteiger partial charge >= 0.3 is 0 Å². The van der Waals surface area contributed by atoms with E-state index in [-0.39, 0.29) is 0 Å². The van der Waals surface area contributed by atoms with Gasteiger partial charge in [-0.3, -0.25) is 0 Å². The molecule has 0 amide bonds. The fourth-order valence-corrected chi connectivity index (χ4v) is 2.55. The van der Waals surface area contributed by atoms with E-state index in [0.29, 0.717) is 0 Å². The maximum absolute atomic E-state index is 2.42. The topological polar surface area (TPSA) is 0 Å². The summed E-state index contributed by atoms with van der Waals surface area (Å²) in [4.78, 5) is 0. The van der Waals surface area contributed by atoms with Gasteiger partial charge < -0.3 is 0 Å². The van der Waals surface area contributed by atoms with Gasteiger partial charge in [0.05, 0.1) is 0 Å². The Kier molecular flexibility index (Phi) is 1.31. The molecule has 0 saturated carbocycles. The molecule has 8 heavy (non-hydrogen) atoms. The van der Waals surface area contributed by atoms with E-state index in [1.54, 1.807) is 5.57 Å². The highest BCUT2D eigenvalue weighted by Crippen LogP contribution is 2.28. The van der Waals surface area contributed by atoms with Crippen molar-refractivity contribution in [3.05, 3.63) is 11.6 Å². The van der Waals surface area contributed by atoms with E-state index in [1.165, 1.54) is 12.5 Å². The largest absolute Gasteiger partial charge is 0.0813 e. The van der Waals surface area contributed by atoms with Crippen LogP contribution in [0.2, 0.25) is 25.7 Å². The molecule has 46 valence electrons. The summed E-state index contributed by atoms with van der Waals surface area (Å²) < 4.78 is 0. The molecule has 0 aliphatic heterocycles. The summed E-state index contributed by atoms with van der Waals surface area (Å²) in [5, 5.41) is 0. The van der Waals surface area contributed by atoms with Gasteiger partial charge in [0, 0.05) is 8.07 Å². The fraction of sp³-hybridized carbons (Fsp3) is 0.714. The van der Waals surface area contributed by atoms with E-state index in [9.17, 15) is 0 Å². The van der Waals surface area contributed by atoms with E-state index < -0.39 is 8.07 Å². The van der Waals surface area contributed by atoms with Crippen molar-refractivity contribution in [3.8, 4) is 0 Å². The minimum absolute atomic E-state index is 0.726. The van der Waals surface area contributed by atoms with Gasteiger partial charge in [0.15, 0.2) is 0 Å². The molecule has 1 rings (SSSR count). The second kappa shape index (κ2) is 1.73. The smallest absolute Gasteiger partial charge is 0.0483 e. The van der Waals surface area contributed by atoms with Crippen LogP contribution in [0.15, 0.2) is 11.6 Å². The van der Waals surface area contributed by atoms with Crippen LogP contribution in [0.3, 0.4) is 0 Å². The van der Waals surface area contributed by atoms with Crippen molar-refractivity contribution in [2.24, 2.45) is 0 Å². The first-order valence-electron chi connectivity index (χ1n) is 3.26. The highest BCUT2D eigenvalue weighted by Gasteiger charge is 2.18. The summed E-state index contributed by atoms with van der Waals surface area (Å²) in [6.07, 6.45) is 3.67. The Bertz CT molecular complexity index is 117. The molecule has 0 N–H and O–H groups in total. The van der Waals surface area contributed by atoms with Crippen LogP contribution in [0.1, 0.15) is 6.42 Å². The Morgan fingerprint density at radius 2 is 2.00 bits per heavy atom. The van der Waals surface area contributed by atoms with Gasteiger partial charge in [0.2, 0.25) is 0 Å². The molecule has 0 saturated heterocycles. The third-order valence-electron chi connectivity index (χ3n) is 1.25. The van der Waals surface area contributed by atoms with Crippen LogP contribution in [0, 0.1) is 0 Å². The lowest BCUT2D eigenvalue weighted by Gasteiger charge is -2.12. The molecule has 0 aromatic heterocycles. The monoisotopic (exact) mass is 126 g/mol. The molecular formula is C7H14Si. The lowest BCUT2D eigenvalue weighted by molar-refractivity contribution is 1.39. The zero-order valence-corrected chi connectivity index (χ0v) is 6.99. The Balaban J connectivity index is 2.27. The predicted molar refractivity (Wildman–Crippen MR) is 40.9 cm³/mol. The van der Waals surface area contributed by atoms with Gasteiger partial charge in [-0.2, -0.15) is 0 Å². The van der Waals surface area contributed by atoms with Crippen LogP contribution in [0.25, 0.3) is 0 Å². The molecule has 1 heteroatoms. The molecule has 0 aromatic rings. The van der Waals surface area contributed by atoms with Gasteiger partial charge in [-0.1, -0.05) is 31.3 Å². The molecule has 1 aliphatic rings. The van der Waals surface area contributed by atoms with Crippen molar-refractivity contribution in [1.29, 1.82) is 0 Å². The Morgan fingerprint density at radius 1 is 1.50 bits per heavy atom. The van der Waals surface area contributed by atoms with E-state index in [2.05, 4.69) is 25.7 Å². The summed E-state index contributed by atoms with van der Waals surface area (Å²) >= 11 is 0. The molecule has 1 aliphatic carbocycles. The van der Waals surface area contributed by atoms with Crippen LogP contribution in [-0.4, -0.2) is 8.07 Å². The summed E-state index contributed by atoms with van der Waals surface area (Å²) in [5.41, 5.74) is 1.71. The normalized spacial score (nSPS) is 18.1. The first-order valence-corrected chi connectivity index (χ1v) is 6.96. The molecule has 0 aromatic carbocycles. The number of allylic oxidation sites excluding steroid dienone is 2. The fourth-order valence-electron chi connectivity index (χ4n) is 0.898. The van der Waals surface area contributed by atoms with Crippen LogP contribution < -0.4 is 0 Å². The Morgan fingerprint density at radius 3 is 2.12 bits per heavy atom.